The summed E-state index contributed by atoms with van der Waals surface area (Å²) in [7, 11) is 0. The van der Waals surface area contributed by atoms with Crippen LogP contribution >= 0.6 is 47.8 Å². The van der Waals surface area contributed by atoms with Gasteiger partial charge in [0.15, 0.2) is 0 Å². The quantitative estimate of drug-likeness (QED) is 0.696. The largest absolute Gasteiger partial charge is 0.324 e. The number of carbonyl (C=O) groups is 1. The fourth-order valence-corrected chi connectivity index (χ4v) is 5.27. The van der Waals surface area contributed by atoms with Crippen LogP contribution in [0.15, 0.2) is 25.6 Å². The lowest BCUT2D eigenvalue weighted by atomic mass is 10.0. The zero-order chi connectivity index (χ0) is 12.9. The Morgan fingerprint density at radius 2 is 1.61 bits per heavy atom. The van der Waals surface area contributed by atoms with E-state index in [4.69, 9.17) is 0 Å². The van der Waals surface area contributed by atoms with Gasteiger partial charge >= 0.3 is 0 Å². The maximum Gasteiger partial charge on any atom is 0.227 e. The molecule has 2 unspecified atom stereocenters. The van der Waals surface area contributed by atoms with Gasteiger partial charge in [-0.05, 0) is 75.1 Å². The summed E-state index contributed by atoms with van der Waals surface area (Å²) in [5.41, 5.74) is 0.823. The SMILES string of the molecule is O=C(Nc1c(Br)cc(Br)cc1Br)C1CC2CC2C1. The molecule has 1 amide bonds. The first-order valence-corrected chi connectivity index (χ1v) is 8.38. The van der Waals surface area contributed by atoms with Crippen molar-refractivity contribution in [2.24, 2.45) is 17.8 Å². The molecule has 0 heterocycles. The van der Waals surface area contributed by atoms with E-state index in [0.29, 0.717) is 0 Å². The molecule has 96 valence electrons. The third-order valence-electron chi connectivity index (χ3n) is 3.87. The Labute approximate surface area is 131 Å². The van der Waals surface area contributed by atoms with E-state index in [2.05, 4.69) is 53.1 Å². The molecule has 18 heavy (non-hydrogen) atoms. The molecule has 0 aliphatic heterocycles. The molecule has 2 nitrogen and oxygen atoms in total. The van der Waals surface area contributed by atoms with Gasteiger partial charge in [-0.25, -0.2) is 0 Å². The Hall–Kier alpha value is 0.130. The molecule has 0 bridgehead atoms. The third-order valence-corrected chi connectivity index (χ3v) is 5.58. The van der Waals surface area contributed by atoms with Gasteiger partial charge in [-0.2, -0.15) is 0 Å². The van der Waals surface area contributed by atoms with Crippen molar-refractivity contribution in [3.63, 3.8) is 0 Å². The minimum atomic E-state index is 0.158. The van der Waals surface area contributed by atoms with Crippen LogP contribution < -0.4 is 5.32 Å². The van der Waals surface area contributed by atoms with Crippen molar-refractivity contribution < 1.29 is 4.79 Å². The number of fused-ring (bicyclic) bond motifs is 1. The van der Waals surface area contributed by atoms with Crippen molar-refractivity contribution in [1.29, 1.82) is 0 Å². The molecule has 0 spiro atoms. The average molecular weight is 438 g/mol. The standard InChI is InChI=1S/C13H12Br3NO/c14-9-4-10(15)12(11(16)5-9)17-13(18)8-2-6-1-7(6)3-8/h4-8H,1-3H2,(H,17,18). The van der Waals surface area contributed by atoms with Gasteiger partial charge in [0.2, 0.25) is 5.91 Å². The number of carbonyl (C=O) groups excluding carboxylic acids is 1. The molecule has 0 radical (unpaired) electrons. The Balaban J connectivity index is 1.74. The number of rotatable bonds is 2. The number of benzene rings is 1. The highest BCUT2D eigenvalue weighted by Gasteiger charge is 2.48. The predicted molar refractivity (Wildman–Crippen MR) is 82.5 cm³/mol. The predicted octanol–water partition coefficient (Wildman–Crippen LogP) is 4.96. The van der Waals surface area contributed by atoms with Crippen LogP contribution in [0.1, 0.15) is 19.3 Å². The summed E-state index contributed by atoms with van der Waals surface area (Å²) in [6.07, 6.45) is 3.49. The van der Waals surface area contributed by atoms with E-state index < -0.39 is 0 Å². The first kappa shape index (κ1) is 13.1. The fraction of sp³-hybridized carbons (Fsp3) is 0.462. The lowest BCUT2D eigenvalue weighted by Crippen LogP contribution is -2.22. The van der Waals surface area contributed by atoms with E-state index in [0.717, 1.165) is 43.8 Å². The lowest BCUT2D eigenvalue weighted by Gasteiger charge is -2.15. The average Bonchev–Trinajstić information content (AvgIpc) is 2.90. The second-order valence-corrected chi connectivity index (χ2v) is 7.78. The van der Waals surface area contributed by atoms with E-state index >= 15 is 0 Å². The molecule has 0 aromatic heterocycles. The summed E-state index contributed by atoms with van der Waals surface area (Å²) >= 11 is 10.4. The highest BCUT2D eigenvalue weighted by molar-refractivity contribution is 9.11. The maximum atomic E-state index is 12.2. The molecule has 1 aromatic rings. The first-order valence-electron chi connectivity index (χ1n) is 6.00. The van der Waals surface area contributed by atoms with Crippen LogP contribution in [0.25, 0.3) is 0 Å². The normalized spacial score (nSPS) is 28.9. The van der Waals surface area contributed by atoms with Crippen molar-refractivity contribution in [3.05, 3.63) is 25.6 Å². The fourth-order valence-electron chi connectivity index (χ4n) is 2.82. The molecular weight excluding hydrogens is 426 g/mol. The zero-order valence-corrected chi connectivity index (χ0v) is 14.3. The number of amides is 1. The van der Waals surface area contributed by atoms with Crippen LogP contribution in [0.2, 0.25) is 0 Å². The molecule has 2 aliphatic rings. The van der Waals surface area contributed by atoms with Gasteiger partial charge in [-0.1, -0.05) is 15.9 Å². The molecular formula is C13H12Br3NO. The molecule has 5 heteroatoms. The summed E-state index contributed by atoms with van der Waals surface area (Å²) in [5, 5.41) is 3.04. The molecule has 2 fully saturated rings. The van der Waals surface area contributed by atoms with Crippen molar-refractivity contribution in [2.45, 2.75) is 19.3 Å². The van der Waals surface area contributed by atoms with E-state index in [1.165, 1.54) is 6.42 Å². The van der Waals surface area contributed by atoms with Crippen LogP contribution in [0.3, 0.4) is 0 Å². The minimum absolute atomic E-state index is 0.158. The second-order valence-electron chi connectivity index (χ2n) is 5.16. The minimum Gasteiger partial charge on any atom is -0.324 e. The van der Waals surface area contributed by atoms with Gasteiger partial charge in [-0.3, -0.25) is 4.79 Å². The Bertz CT molecular complexity index is 484. The molecule has 1 N–H and O–H groups in total. The zero-order valence-electron chi connectivity index (χ0n) is 9.55. The van der Waals surface area contributed by atoms with Gasteiger partial charge in [-0.15, -0.1) is 0 Å². The molecule has 2 aliphatic carbocycles. The number of hydrogen-bond donors (Lipinski definition) is 1. The van der Waals surface area contributed by atoms with E-state index in [1.54, 1.807) is 0 Å². The molecule has 0 saturated heterocycles. The van der Waals surface area contributed by atoms with Crippen LogP contribution in [0.4, 0.5) is 5.69 Å². The topological polar surface area (TPSA) is 29.1 Å². The number of halogens is 3. The van der Waals surface area contributed by atoms with Crippen molar-refractivity contribution >= 4 is 59.4 Å². The van der Waals surface area contributed by atoms with E-state index in [9.17, 15) is 4.79 Å². The summed E-state index contributed by atoms with van der Waals surface area (Å²) in [5.74, 6) is 2.03. The summed E-state index contributed by atoms with van der Waals surface area (Å²) in [6.45, 7) is 0. The summed E-state index contributed by atoms with van der Waals surface area (Å²) in [4.78, 5) is 12.2. The van der Waals surface area contributed by atoms with Crippen molar-refractivity contribution in [1.82, 2.24) is 0 Å². The number of anilines is 1. The number of nitrogens with one attached hydrogen (secondary N) is 1. The Kier molecular flexibility index (Phi) is 3.58. The van der Waals surface area contributed by atoms with E-state index in [1.807, 2.05) is 12.1 Å². The highest BCUT2D eigenvalue weighted by atomic mass is 79.9. The van der Waals surface area contributed by atoms with Crippen LogP contribution in [0.5, 0.6) is 0 Å². The molecule has 2 atom stereocenters. The van der Waals surface area contributed by atoms with Crippen molar-refractivity contribution in [2.75, 3.05) is 5.32 Å². The number of hydrogen-bond acceptors (Lipinski definition) is 1. The molecule has 1 aromatic carbocycles. The van der Waals surface area contributed by atoms with Crippen LogP contribution in [-0.4, -0.2) is 5.91 Å². The van der Waals surface area contributed by atoms with Gasteiger partial charge in [0.25, 0.3) is 0 Å². The van der Waals surface area contributed by atoms with Gasteiger partial charge in [0, 0.05) is 19.3 Å². The molecule has 2 saturated carbocycles. The molecule has 3 rings (SSSR count). The Morgan fingerprint density at radius 3 is 2.17 bits per heavy atom. The van der Waals surface area contributed by atoms with Crippen LogP contribution in [0, 0.1) is 17.8 Å². The summed E-state index contributed by atoms with van der Waals surface area (Å²) in [6, 6.07) is 3.87. The smallest absolute Gasteiger partial charge is 0.227 e. The van der Waals surface area contributed by atoms with Gasteiger partial charge in [0.05, 0.1) is 5.69 Å². The summed E-state index contributed by atoms with van der Waals surface area (Å²) < 4.78 is 2.75. The second kappa shape index (κ2) is 4.91. The first-order chi connectivity index (χ1) is 8.54. The lowest BCUT2D eigenvalue weighted by molar-refractivity contribution is -0.120. The third kappa shape index (κ3) is 2.54. The van der Waals surface area contributed by atoms with Crippen molar-refractivity contribution in [3.8, 4) is 0 Å². The van der Waals surface area contributed by atoms with Gasteiger partial charge < -0.3 is 5.32 Å². The van der Waals surface area contributed by atoms with Gasteiger partial charge in [0.1, 0.15) is 0 Å². The highest BCUT2D eigenvalue weighted by Crippen LogP contribution is 2.54. The van der Waals surface area contributed by atoms with Crippen LogP contribution in [-0.2, 0) is 4.79 Å². The van der Waals surface area contributed by atoms with E-state index in [-0.39, 0.29) is 11.8 Å². The Morgan fingerprint density at radius 1 is 1.06 bits per heavy atom. The maximum absolute atomic E-state index is 12.2. The monoisotopic (exact) mass is 435 g/mol.